The lowest BCUT2D eigenvalue weighted by molar-refractivity contribution is 0.482. The number of unbranched alkanes of at least 4 members (excludes halogenated alkanes) is 1. The van der Waals surface area contributed by atoms with Crippen molar-refractivity contribution in [1.29, 1.82) is 0 Å². The molecule has 94 valence electrons. The number of ether oxygens (including phenoxy) is 1. The largest absolute Gasteiger partial charge is 0.457 e. The summed E-state index contributed by atoms with van der Waals surface area (Å²) in [5.41, 5.74) is 6.80. The molecule has 0 atom stereocenters. The van der Waals surface area contributed by atoms with Crippen LogP contribution < -0.4 is 10.5 Å². The zero-order valence-corrected chi connectivity index (χ0v) is 10.5. The van der Waals surface area contributed by atoms with Gasteiger partial charge < -0.3 is 10.5 Å². The highest BCUT2D eigenvalue weighted by molar-refractivity contribution is 5.33. The highest BCUT2D eigenvalue weighted by Crippen LogP contribution is 2.22. The monoisotopic (exact) mass is 241 g/mol. The first-order chi connectivity index (χ1) is 8.88. The van der Waals surface area contributed by atoms with E-state index < -0.39 is 0 Å². The van der Waals surface area contributed by atoms with E-state index in [4.69, 9.17) is 10.5 Å². The third-order valence-electron chi connectivity index (χ3n) is 2.80. The second-order valence-electron chi connectivity index (χ2n) is 4.31. The lowest BCUT2D eigenvalue weighted by atomic mass is 10.1. The van der Waals surface area contributed by atoms with Gasteiger partial charge in [0.2, 0.25) is 0 Å². The molecule has 0 aliphatic rings. The topological polar surface area (TPSA) is 35.2 Å². The smallest absolute Gasteiger partial charge is 0.127 e. The van der Waals surface area contributed by atoms with Gasteiger partial charge in [-0.1, -0.05) is 30.3 Å². The van der Waals surface area contributed by atoms with Crippen LogP contribution in [0.25, 0.3) is 0 Å². The Balaban J connectivity index is 1.99. The van der Waals surface area contributed by atoms with Crippen LogP contribution in [0.3, 0.4) is 0 Å². The second-order valence-corrected chi connectivity index (χ2v) is 4.31. The van der Waals surface area contributed by atoms with Crippen LogP contribution in [-0.4, -0.2) is 6.54 Å². The molecule has 2 N–H and O–H groups in total. The van der Waals surface area contributed by atoms with Gasteiger partial charge in [-0.2, -0.15) is 0 Å². The Morgan fingerprint density at radius 2 is 1.61 bits per heavy atom. The highest BCUT2D eigenvalue weighted by Gasteiger charge is 1.98. The molecule has 0 aromatic heterocycles. The summed E-state index contributed by atoms with van der Waals surface area (Å²) in [5, 5.41) is 0. The standard InChI is InChI=1S/C16H19NO/c17-12-5-4-7-14-8-6-11-16(13-14)18-15-9-2-1-3-10-15/h1-3,6,8-11,13H,4-5,7,12,17H2. The van der Waals surface area contributed by atoms with E-state index in [1.54, 1.807) is 0 Å². The summed E-state index contributed by atoms with van der Waals surface area (Å²) >= 11 is 0. The molecule has 0 aliphatic carbocycles. The molecule has 2 rings (SSSR count). The van der Waals surface area contributed by atoms with E-state index in [1.165, 1.54) is 5.56 Å². The van der Waals surface area contributed by atoms with Crippen LogP contribution in [0.5, 0.6) is 11.5 Å². The van der Waals surface area contributed by atoms with Crippen LogP contribution in [0.4, 0.5) is 0 Å². The maximum atomic E-state index is 5.80. The Hall–Kier alpha value is -1.80. The number of benzene rings is 2. The maximum Gasteiger partial charge on any atom is 0.127 e. The van der Waals surface area contributed by atoms with Crippen molar-refractivity contribution in [3.8, 4) is 11.5 Å². The van der Waals surface area contributed by atoms with Gasteiger partial charge in [0.05, 0.1) is 0 Å². The lowest BCUT2D eigenvalue weighted by Crippen LogP contribution is -1.99. The minimum atomic E-state index is 0.764. The van der Waals surface area contributed by atoms with Crippen molar-refractivity contribution < 1.29 is 4.74 Å². The summed E-state index contributed by atoms with van der Waals surface area (Å²) in [6.45, 7) is 0.764. The minimum absolute atomic E-state index is 0.764. The molecule has 18 heavy (non-hydrogen) atoms. The van der Waals surface area contributed by atoms with Crippen LogP contribution in [-0.2, 0) is 6.42 Å². The molecule has 2 nitrogen and oxygen atoms in total. The third-order valence-corrected chi connectivity index (χ3v) is 2.80. The predicted molar refractivity (Wildman–Crippen MR) is 75.0 cm³/mol. The van der Waals surface area contributed by atoms with Crippen LogP contribution >= 0.6 is 0 Å². The van der Waals surface area contributed by atoms with Crippen molar-refractivity contribution in [3.05, 3.63) is 60.2 Å². The van der Waals surface area contributed by atoms with Gasteiger partial charge in [0.25, 0.3) is 0 Å². The van der Waals surface area contributed by atoms with Gasteiger partial charge >= 0.3 is 0 Å². The van der Waals surface area contributed by atoms with E-state index >= 15 is 0 Å². The van der Waals surface area contributed by atoms with E-state index in [1.807, 2.05) is 42.5 Å². The molecule has 0 saturated carbocycles. The fourth-order valence-corrected chi connectivity index (χ4v) is 1.86. The Morgan fingerprint density at radius 1 is 0.833 bits per heavy atom. The molecule has 0 radical (unpaired) electrons. The Morgan fingerprint density at radius 3 is 2.39 bits per heavy atom. The summed E-state index contributed by atoms with van der Waals surface area (Å²) in [6.07, 6.45) is 3.26. The number of hydrogen-bond acceptors (Lipinski definition) is 2. The molecular formula is C16H19NO. The van der Waals surface area contributed by atoms with Crippen LogP contribution in [0.15, 0.2) is 54.6 Å². The molecule has 2 aromatic rings. The zero-order chi connectivity index (χ0) is 12.6. The van der Waals surface area contributed by atoms with Crippen molar-refractivity contribution >= 4 is 0 Å². The van der Waals surface area contributed by atoms with Crippen molar-refractivity contribution in [2.24, 2.45) is 5.73 Å². The number of para-hydroxylation sites is 1. The Kier molecular flexibility index (Phi) is 4.79. The molecule has 0 fully saturated rings. The van der Waals surface area contributed by atoms with Gasteiger partial charge in [0.1, 0.15) is 11.5 Å². The van der Waals surface area contributed by atoms with Crippen molar-refractivity contribution in [2.45, 2.75) is 19.3 Å². The molecule has 2 aromatic carbocycles. The van der Waals surface area contributed by atoms with Gasteiger partial charge in [0.15, 0.2) is 0 Å². The normalized spacial score (nSPS) is 10.3. The van der Waals surface area contributed by atoms with E-state index in [2.05, 4.69) is 12.1 Å². The fourth-order valence-electron chi connectivity index (χ4n) is 1.86. The molecule has 0 unspecified atom stereocenters. The zero-order valence-electron chi connectivity index (χ0n) is 10.5. The van der Waals surface area contributed by atoms with Crippen LogP contribution in [0.1, 0.15) is 18.4 Å². The SMILES string of the molecule is NCCCCc1cccc(Oc2ccccc2)c1. The molecule has 0 saturated heterocycles. The molecule has 0 aliphatic heterocycles. The van der Waals surface area contributed by atoms with E-state index in [9.17, 15) is 0 Å². The van der Waals surface area contributed by atoms with Gasteiger partial charge in [-0.25, -0.2) is 0 Å². The lowest BCUT2D eigenvalue weighted by Gasteiger charge is -2.07. The first-order valence-electron chi connectivity index (χ1n) is 6.40. The molecule has 0 spiro atoms. The Bertz CT molecular complexity index is 468. The maximum absolute atomic E-state index is 5.80. The average molecular weight is 241 g/mol. The Labute approximate surface area is 108 Å². The second kappa shape index (κ2) is 6.82. The van der Waals surface area contributed by atoms with Crippen LogP contribution in [0.2, 0.25) is 0 Å². The fraction of sp³-hybridized carbons (Fsp3) is 0.250. The van der Waals surface area contributed by atoms with Crippen molar-refractivity contribution in [3.63, 3.8) is 0 Å². The third kappa shape index (κ3) is 3.90. The number of aryl methyl sites for hydroxylation is 1. The summed E-state index contributed by atoms with van der Waals surface area (Å²) in [6, 6.07) is 18.1. The summed E-state index contributed by atoms with van der Waals surface area (Å²) < 4.78 is 5.80. The summed E-state index contributed by atoms with van der Waals surface area (Å²) in [4.78, 5) is 0. The van der Waals surface area contributed by atoms with E-state index in [-0.39, 0.29) is 0 Å². The summed E-state index contributed by atoms with van der Waals surface area (Å²) in [7, 11) is 0. The first-order valence-corrected chi connectivity index (χ1v) is 6.40. The van der Waals surface area contributed by atoms with Gasteiger partial charge in [0, 0.05) is 0 Å². The number of hydrogen-bond donors (Lipinski definition) is 1. The van der Waals surface area contributed by atoms with Crippen molar-refractivity contribution in [1.82, 2.24) is 0 Å². The molecular weight excluding hydrogens is 222 g/mol. The quantitative estimate of drug-likeness (QED) is 0.781. The first kappa shape index (κ1) is 12.7. The minimum Gasteiger partial charge on any atom is -0.457 e. The van der Waals surface area contributed by atoms with E-state index in [0.29, 0.717) is 0 Å². The molecule has 2 heteroatoms. The van der Waals surface area contributed by atoms with Gasteiger partial charge in [-0.15, -0.1) is 0 Å². The highest BCUT2D eigenvalue weighted by atomic mass is 16.5. The molecule has 0 amide bonds. The molecule has 0 bridgehead atoms. The molecule has 0 heterocycles. The number of rotatable bonds is 6. The predicted octanol–water partition coefficient (Wildman–Crippen LogP) is 3.76. The van der Waals surface area contributed by atoms with Crippen LogP contribution in [0, 0.1) is 0 Å². The van der Waals surface area contributed by atoms with Crippen molar-refractivity contribution in [2.75, 3.05) is 6.54 Å². The average Bonchev–Trinajstić information content (AvgIpc) is 2.41. The van der Waals surface area contributed by atoms with E-state index in [0.717, 1.165) is 37.3 Å². The van der Waals surface area contributed by atoms with Gasteiger partial charge in [-0.3, -0.25) is 0 Å². The van der Waals surface area contributed by atoms with Gasteiger partial charge in [-0.05, 0) is 55.6 Å². The number of nitrogens with two attached hydrogens (primary N) is 1. The summed E-state index contributed by atoms with van der Waals surface area (Å²) in [5.74, 6) is 1.77.